The third-order valence-corrected chi connectivity index (χ3v) is 4.35. The van der Waals surface area contributed by atoms with Crippen molar-refractivity contribution in [3.63, 3.8) is 0 Å². The van der Waals surface area contributed by atoms with Crippen molar-refractivity contribution >= 4 is 46.1 Å². The molecule has 2 aromatic rings. The molecule has 1 atom stereocenters. The van der Waals surface area contributed by atoms with Crippen LogP contribution in [0.1, 0.15) is 15.8 Å². The number of alkyl halides is 1. The fourth-order valence-electron chi connectivity index (χ4n) is 1.33. The fraction of sp³-hybridized carbons (Fsp3) is 0.0909. The van der Waals surface area contributed by atoms with Crippen LogP contribution in [-0.2, 0) is 0 Å². The molecule has 1 aromatic carbocycles. The van der Waals surface area contributed by atoms with E-state index in [4.69, 9.17) is 34.8 Å². The summed E-state index contributed by atoms with van der Waals surface area (Å²) in [7, 11) is 0. The van der Waals surface area contributed by atoms with Gasteiger partial charge in [-0.3, -0.25) is 0 Å². The molecule has 0 amide bonds. The van der Waals surface area contributed by atoms with Crippen LogP contribution in [0.2, 0.25) is 10.0 Å². The van der Waals surface area contributed by atoms with E-state index < -0.39 is 11.2 Å². The molecular weight excluding hydrogens is 290 g/mol. The van der Waals surface area contributed by atoms with Gasteiger partial charge in [0.05, 0.1) is 10.4 Å². The van der Waals surface area contributed by atoms with Crippen LogP contribution in [0.15, 0.2) is 29.6 Å². The number of hydrogen-bond donors (Lipinski definition) is 0. The molecule has 1 unspecified atom stereocenters. The van der Waals surface area contributed by atoms with E-state index in [1.165, 1.54) is 17.4 Å². The van der Waals surface area contributed by atoms with Gasteiger partial charge < -0.3 is 0 Å². The molecule has 0 spiro atoms. The standard InChI is InChI=1S/C11H6Cl3FS/c12-6-1-2-7(9(15)5-6)10(14)11-8(13)3-4-16-11/h1-5,10H. The van der Waals surface area contributed by atoms with E-state index in [1.54, 1.807) is 18.2 Å². The van der Waals surface area contributed by atoms with Crippen LogP contribution in [0.4, 0.5) is 4.39 Å². The van der Waals surface area contributed by atoms with Gasteiger partial charge in [0.15, 0.2) is 0 Å². The lowest BCUT2D eigenvalue weighted by molar-refractivity contribution is 0.613. The van der Waals surface area contributed by atoms with E-state index in [0.29, 0.717) is 15.6 Å². The van der Waals surface area contributed by atoms with E-state index in [2.05, 4.69) is 0 Å². The van der Waals surface area contributed by atoms with Gasteiger partial charge in [-0.15, -0.1) is 22.9 Å². The lowest BCUT2D eigenvalue weighted by Crippen LogP contribution is -1.95. The van der Waals surface area contributed by atoms with Crippen molar-refractivity contribution in [3.8, 4) is 0 Å². The molecule has 0 aliphatic heterocycles. The van der Waals surface area contributed by atoms with Crippen molar-refractivity contribution in [3.05, 3.63) is 55.9 Å². The third kappa shape index (κ3) is 2.35. The zero-order chi connectivity index (χ0) is 11.7. The van der Waals surface area contributed by atoms with Crippen LogP contribution < -0.4 is 0 Å². The quantitative estimate of drug-likeness (QED) is 0.640. The first-order valence-electron chi connectivity index (χ1n) is 4.41. The lowest BCUT2D eigenvalue weighted by Gasteiger charge is -2.09. The van der Waals surface area contributed by atoms with E-state index in [0.717, 1.165) is 4.88 Å². The Balaban J connectivity index is 2.41. The smallest absolute Gasteiger partial charge is 0.129 e. The second-order valence-electron chi connectivity index (χ2n) is 3.16. The first kappa shape index (κ1) is 12.2. The summed E-state index contributed by atoms with van der Waals surface area (Å²) >= 11 is 19.2. The topological polar surface area (TPSA) is 0 Å². The number of halogens is 4. The maximum atomic E-state index is 13.6. The molecule has 0 N–H and O–H groups in total. The Morgan fingerprint density at radius 1 is 1.19 bits per heavy atom. The van der Waals surface area contributed by atoms with Crippen LogP contribution in [-0.4, -0.2) is 0 Å². The molecule has 0 nitrogen and oxygen atoms in total. The molecule has 1 aromatic heterocycles. The minimum atomic E-state index is -0.579. The van der Waals surface area contributed by atoms with Gasteiger partial charge in [-0.1, -0.05) is 29.3 Å². The molecular formula is C11H6Cl3FS. The molecule has 0 aliphatic rings. The normalized spacial score (nSPS) is 12.8. The van der Waals surface area contributed by atoms with Crippen molar-refractivity contribution in [1.82, 2.24) is 0 Å². The molecule has 84 valence electrons. The minimum absolute atomic E-state index is 0.349. The van der Waals surface area contributed by atoms with Gasteiger partial charge in [0.25, 0.3) is 0 Å². The average Bonchev–Trinajstić information content (AvgIpc) is 2.63. The Labute approximate surface area is 112 Å². The highest BCUT2D eigenvalue weighted by Gasteiger charge is 2.19. The average molecular weight is 296 g/mol. The zero-order valence-corrected chi connectivity index (χ0v) is 11.0. The molecule has 0 saturated carbocycles. The second kappa shape index (κ2) is 4.92. The summed E-state index contributed by atoms with van der Waals surface area (Å²) in [6, 6.07) is 6.17. The third-order valence-electron chi connectivity index (χ3n) is 2.11. The Hall–Kier alpha value is -0.280. The summed E-state index contributed by atoms with van der Waals surface area (Å²) in [6.07, 6.45) is 0. The summed E-state index contributed by atoms with van der Waals surface area (Å²) in [6.45, 7) is 0. The highest BCUT2D eigenvalue weighted by Crippen LogP contribution is 2.38. The SMILES string of the molecule is Fc1cc(Cl)ccc1C(Cl)c1sccc1Cl. The zero-order valence-electron chi connectivity index (χ0n) is 7.88. The monoisotopic (exact) mass is 294 g/mol. The predicted molar refractivity (Wildman–Crippen MR) is 68.4 cm³/mol. The number of hydrogen-bond acceptors (Lipinski definition) is 1. The Kier molecular flexibility index (Phi) is 3.75. The molecule has 0 radical (unpaired) electrons. The largest absolute Gasteiger partial charge is 0.207 e. The summed E-state index contributed by atoms with van der Waals surface area (Å²) in [5.41, 5.74) is 0.385. The molecule has 5 heteroatoms. The molecule has 2 rings (SSSR count). The summed E-state index contributed by atoms with van der Waals surface area (Å²) in [5, 5.41) is 2.15. The first-order valence-corrected chi connectivity index (χ1v) is 6.48. The maximum Gasteiger partial charge on any atom is 0.129 e. The van der Waals surface area contributed by atoms with Crippen LogP contribution in [0.25, 0.3) is 0 Å². The summed E-state index contributed by atoms with van der Waals surface area (Å²) < 4.78 is 13.6. The summed E-state index contributed by atoms with van der Waals surface area (Å²) in [4.78, 5) is 0.740. The van der Waals surface area contributed by atoms with Gasteiger partial charge in [0.1, 0.15) is 5.82 Å². The van der Waals surface area contributed by atoms with Gasteiger partial charge >= 0.3 is 0 Å². The maximum absolute atomic E-state index is 13.6. The number of benzene rings is 1. The molecule has 16 heavy (non-hydrogen) atoms. The molecule has 0 saturated heterocycles. The Morgan fingerprint density at radius 3 is 2.50 bits per heavy atom. The Bertz CT molecular complexity index is 510. The van der Waals surface area contributed by atoms with Crippen molar-refractivity contribution < 1.29 is 4.39 Å². The fourth-order valence-corrected chi connectivity index (χ4v) is 3.16. The van der Waals surface area contributed by atoms with Crippen molar-refractivity contribution in [1.29, 1.82) is 0 Å². The lowest BCUT2D eigenvalue weighted by atomic mass is 10.1. The van der Waals surface area contributed by atoms with E-state index in [-0.39, 0.29) is 0 Å². The van der Waals surface area contributed by atoms with Gasteiger partial charge in [-0.05, 0) is 23.6 Å². The molecule has 1 heterocycles. The molecule has 0 fully saturated rings. The number of rotatable bonds is 2. The van der Waals surface area contributed by atoms with Gasteiger partial charge in [-0.25, -0.2) is 4.39 Å². The summed E-state index contributed by atoms with van der Waals surface area (Å²) in [5.74, 6) is -0.419. The predicted octanol–water partition coefficient (Wildman–Crippen LogP) is 5.52. The van der Waals surface area contributed by atoms with Crippen molar-refractivity contribution in [2.45, 2.75) is 5.38 Å². The first-order chi connectivity index (χ1) is 7.59. The van der Waals surface area contributed by atoms with Gasteiger partial charge in [0, 0.05) is 15.5 Å². The highest BCUT2D eigenvalue weighted by atomic mass is 35.5. The Morgan fingerprint density at radius 2 is 1.94 bits per heavy atom. The van der Waals surface area contributed by atoms with E-state index in [1.807, 2.05) is 5.38 Å². The van der Waals surface area contributed by atoms with Crippen molar-refractivity contribution in [2.75, 3.05) is 0 Å². The van der Waals surface area contributed by atoms with Gasteiger partial charge in [0.2, 0.25) is 0 Å². The van der Waals surface area contributed by atoms with Crippen LogP contribution >= 0.6 is 46.1 Å². The highest BCUT2D eigenvalue weighted by molar-refractivity contribution is 7.11. The van der Waals surface area contributed by atoms with Crippen LogP contribution in [0.3, 0.4) is 0 Å². The van der Waals surface area contributed by atoms with Gasteiger partial charge in [-0.2, -0.15) is 0 Å². The molecule has 0 aliphatic carbocycles. The molecule has 0 bridgehead atoms. The van der Waals surface area contributed by atoms with Crippen LogP contribution in [0.5, 0.6) is 0 Å². The van der Waals surface area contributed by atoms with E-state index >= 15 is 0 Å². The minimum Gasteiger partial charge on any atom is -0.207 e. The van der Waals surface area contributed by atoms with Crippen LogP contribution in [0, 0.1) is 5.82 Å². The second-order valence-corrected chi connectivity index (χ2v) is 5.39. The van der Waals surface area contributed by atoms with Crippen molar-refractivity contribution in [2.24, 2.45) is 0 Å². The van der Waals surface area contributed by atoms with E-state index in [9.17, 15) is 4.39 Å². The number of thiophene rings is 1.